The minimum atomic E-state index is -5.08. The molecule has 39 heavy (non-hydrogen) atoms. The van der Waals surface area contributed by atoms with Crippen LogP contribution in [0.4, 0.5) is 36.3 Å². The number of nitrogens with zero attached hydrogens (tertiary/aromatic N) is 1. The van der Waals surface area contributed by atoms with Gasteiger partial charge in [0.2, 0.25) is 5.95 Å². The number of fused-ring (bicyclic) bond motifs is 1. The number of nitrogen functional groups attached to an aromatic ring is 1. The number of carbonyl (C=O) groups excluding carboxylic acids is 1. The Labute approximate surface area is 216 Å². The molecule has 15 nitrogen and oxygen atoms in total. The van der Waals surface area contributed by atoms with Gasteiger partial charge < -0.3 is 42.3 Å². The molecule has 1 aliphatic heterocycles. The molecule has 0 saturated carbocycles. The Morgan fingerprint density at radius 3 is 2.28 bits per heavy atom. The number of amides is 1. The average Bonchev–Trinajstić information content (AvgIpc) is 2.85. The molecule has 0 spiro atoms. The number of carboxylic acid groups (broad SMARTS) is 3. The highest BCUT2D eigenvalue weighted by atomic mass is 19.4. The van der Waals surface area contributed by atoms with Crippen LogP contribution in [0.3, 0.4) is 0 Å². The number of rotatable bonds is 9. The lowest BCUT2D eigenvalue weighted by molar-refractivity contribution is -0.192. The second-order valence-electron chi connectivity index (χ2n) is 7.95. The summed E-state index contributed by atoms with van der Waals surface area (Å²) >= 11 is 0. The number of H-pyrrole nitrogens is 1. The molecular weight excluding hydrogens is 535 g/mol. The third kappa shape index (κ3) is 9.41. The number of hydrogen-bond donors (Lipinski definition) is 9. The smallest absolute Gasteiger partial charge is 0.481 e. The summed E-state index contributed by atoms with van der Waals surface area (Å²) in [7, 11) is 0. The highest BCUT2D eigenvalue weighted by Gasteiger charge is 2.38. The van der Waals surface area contributed by atoms with Gasteiger partial charge in [-0.2, -0.15) is 18.2 Å². The van der Waals surface area contributed by atoms with E-state index in [-0.39, 0.29) is 36.0 Å². The van der Waals surface area contributed by atoms with E-state index in [2.05, 4.69) is 31.2 Å². The van der Waals surface area contributed by atoms with Crippen LogP contribution in [0.1, 0.15) is 23.2 Å². The van der Waals surface area contributed by atoms with Crippen LogP contribution in [0, 0.1) is 0 Å². The Kier molecular flexibility index (Phi) is 10.0. The normalized spacial score (nSPS) is 14.7. The second-order valence-corrected chi connectivity index (χ2v) is 7.95. The van der Waals surface area contributed by atoms with Crippen LogP contribution in [-0.2, 0) is 14.4 Å². The number of anilines is 4. The van der Waals surface area contributed by atoms with Gasteiger partial charge in [0.15, 0.2) is 5.82 Å². The molecule has 0 aliphatic carbocycles. The van der Waals surface area contributed by atoms with Crippen LogP contribution in [0.5, 0.6) is 0 Å². The Morgan fingerprint density at radius 1 is 1.13 bits per heavy atom. The van der Waals surface area contributed by atoms with Crippen molar-refractivity contribution < 1.29 is 47.7 Å². The zero-order valence-corrected chi connectivity index (χ0v) is 19.8. The highest BCUT2D eigenvalue weighted by molar-refractivity contribution is 5.97. The van der Waals surface area contributed by atoms with Gasteiger partial charge in [0, 0.05) is 30.8 Å². The van der Waals surface area contributed by atoms with Gasteiger partial charge in [-0.05, 0) is 30.7 Å². The first kappa shape index (κ1) is 30.2. The minimum absolute atomic E-state index is 0.0281. The lowest BCUT2D eigenvalue weighted by atomic mass is 10.1. The number of carbonyl (C=O) groups is 4. The summed E-state index contributed by atoms with van der Waals surface area (Å²) in [5.74, 6) is -5.40. The highest BCUT2D eigenvalue weighted by Crippen LogP contribution is 2.20. The minimum Gasteiger partial charge on any atom is -0.481 e. The summed E-state index contributed by atoms with van der Waals surface area (Å²) in [6, 6.07) is 4.93. The van der Waals surface area contributed by atoms with Crippen LogP contribution >= 0.6 is 0 Å². The maximum Gasteiger partial charge on any atom is 0.490 e. The van der Waals surface area contributed by atoms with E-state index < -0.39 is 36.0 Å². The van der Waals surface area contributed by atoms with Gasteiger partial charge in [0.05, 0.1) is 6.04 Å². The second kappa shape index (κ2) is 13.0. The molecule has 0 radical (unpaired) electrons. The molecule has 0 bridgehead atoms. The number of nitrogens with two attached hydrogens (primary N) is 1. The van der Waals surface area contributed by atoms with Crippen molar-refractivity contribution in [1.29, 1.82) is 0 Å². The molecule has 2 aromatic rings. The monoisotopic (exact) mass is 559 g/mol. The van der Waals surface area contributed by atoms with Crippen LogP contribution in [0.15, 0.2) is 29.1 Å². The number of aromatic nitrogens is 2. The topological polar surface area (TPSA) is 249 Å². The molecule has 0 saturated heterocycles. The fraction of sp³-hybridized carbons (Fsp3) is 0.333. The Balaban J connectivity index is 0.000000673. The number of aliphatic carboxylic acids is 3. The van der Waals surface area contributed by atoms with Crippen molar-refractivity contribution in [2.75, 3.05) is 34.8 Å². The first-order valence-corrected chi connectivity index (χ1v) is 11.0. The van der Waals surface area contributed by atoms with E-state index in [1.165, 1.54) is 12.1 Å². The van der Waals surface area contributed by atoms with Crippen molar-refractivity contribution >= 4 is 47.0 Å². The number of alkyl halides is 3. The maximum atomic E-state index is 12.3. The number of halogens is 3. The van der Waals surface area contributed by atoms with E-state index >= 15 is 0 Å². The Bertz CT molecular complexity index is 1270. The van der Waals surface area contributed by atoms with Crippen LogP contribution in [0.25, 0.3) is 0 Å². The van der Waals surface area contributed by atoms with Gasteiger partial charge in [-0.3, -0.25) is 19.4 Å². The molecule has 1 aromatic heterocycles. The molecule has 0 unspecified atom stereocenters. The number of carboxylic acids is 3. The van der Waals surface area contributed by atoms with Gasteiger partial charge in [0.1, 0.15) is 11.7 Å². The molecule has 212 valence electrons. The van der Waals surface area contributed by atoms with Crippen molar-refractivity contribution in [3.05, 3.63) is 40.2 Å². The van der Waals surface area contributed by atoms with Crippen LogP contribution in [0.2, 0.25) is 0 Å². The Morgan fingerprint density at radius 2 is 1.74 bits per heavy atom. The molecule has 10 N–H and O–H groups in total. The van der Waals surface area contributed by atoms with Gasteiger partial charge in [0.25, 0.3) is 11.5 Å². The van der Waals surface area contributed by atoms with E-state index in [1.54, 1.807) is 12.1 Å². The van der Waals surface area contributed by atoms with Crippen molar-refractivity contribution in [2.45, 2.75) is 31.1 Å². The summed E-state index contributed by atoms with van der Waals surface area (Å²) in [5, 5.41) is 36.6. The number of hydrogen-bond acceptors (Lipinski definition) is 10. The summed E-state index contributed by atoms with van der Waals surface area (Å²) in [4.78, 5) is 61.5. The van der Waals surface area contributed by atoms with Crippen molar-refractivity contribution in [2.24, 2.45) is 0 Å². The zero-order valence-electron chi connectivity index (χ0n) is 19.8. The van der Waals surface area contributed by atoms with Crippen LogP contribution < -0.4 is 32.6 Å². The number of benzene rings is 1. The van der Waals surface area contributed by atoms with Gasteiger partial charge in [-0.25, -0.2) is 9.59 Å². The maximum absolute atomic E-state index is 12.3. The first-order valence-electron chi connectivity index (χ1n) is 11.0. The van der Waals surface area contributed by atoms with Crippen LogP contribution in [-0.4, -0.2) is 80.5 Å². The molecule has 1 aliphatic rings. The fourth-order valence-electron chi connectivity index (χ4n) is 3.10. The molecule has 1 amide bonds. The van der Waals surface area contributed by atoms with E-state index in [1.807, 2.05) is 0 Å². The lowest BCUT2D eigenvalue weighted by Gasteiger charge is -2.27. The largest absolute Gasteiger partial charge is 0.490 e. The standard InChI is InChI=1S/C19H23N7O6.C2HF3O2/c20-19-25-15-14(17(30)26-19)23-11(8-22-15)7-21-10-3-1-9(2-4-10)16(29)24-12(18(31)32)5-6-13(27)28;3-2(4,5)1(6)7/h1-4,11-12,21,23H,5-8H2,(H,24,29)(H,27,28)(H,31,32)(H4,20,22,25,26,30);(H,6,7)/t11-,12+;/m1./s1. The first-order chi connectivity index (χ1) is 18.2. The fourth-order valence-corrected chi connectivity index (χ4v) is 3.10. The van der Waals surface area contributed by atoms with E-state index in [0.29, 0.717) is 30.3 Å². The van der Waals surface area contributed by atoms with E-state index in [9.17, 15) is 32.3 Å². The number of aromatic amines is 1. The summed E-state index contributed by atoms with van der Waals surface area (Å²) < 4.78 is 31.7. The number of nitrogens with one attached hydrogen (secondary N) is 5. The molecule has 1 aromatic carbocycles. The molecule has 0 fully saturated rings. The summed E-state index contributed by atoms with van der Waals surface area (Å²) in [6.45, 7) is 0.960. The molecule has 18 heteroatoms. The predicted octanol–water partition coefficient (Wildman–Crippen LogP) is 0.351. The molecular formula is C21H24F3N7O8. The van der Waals surface area contributed by atoms with Crippen molar-refractivity contribution in [1.82, 2.24) is 15.3 Å². The predicted molar refractivity (Wildman–Crippen MR) is 130 cm³/mol. The molecule has 2 atom stereocenters. The summed E-state index contributed by atoms with van der Waals surface area (Å²) in [6.07, 6.45) is -5.67. The molecule has 3 rings (SSSR count). The van der Waals surface area contributed by atoms with Gasteiger partial charge in [-0.15, -0.1) is 0 Å². The van der Waals surface area contributed by atoms with Gasteiger partial charge >= 0.3 is 24.1 Å². The van der Waals surface area contributed by atoms with E-state index in [4.69, 9.17) is 25.8 Å². The van der Waals surface area contributed by atoms with Crippen molar-refractivity contribution in [3.8, 4) is 0 Å². The molecule has 2 heterocycles. The lowest BCUT2D eigenvalue weighted by Crippen LogP contribution is -2.41. The summed E-state index contributed by atoms with van der Waals surface area (Å²) in [5.41, 5.74) is 6.40. The third-order valence-electron chi connectivity index (χ3n) is 4.99. The third-order valence-corrected chi connectivity index (χ3v) is 4.99. The van der Waals surface area contributed by atoms with E-state index in [0.717, 1.165) is 0 Å². The van der Waals surface area contributed by atoms with Gasteiger partial charge in [-0.1, -0.05) is 0 Å². The average molecular weight is 559 g/mol. The zero-order chi connectivity index (χ0) is 29.3. The Hall–Kier alpha value is -5.03. The van der Waals surface area contributed by atoms with Crippen molar-refractivity contribution in [3.63, 3.8) is 0 Å². The quantitative estimate of drug-likeness (QED) is 0.201. The SMILES string of the molecule is Nc1nc2c(c(=O)[nH]1)N[C@H](CNc1ccc(C(=O)N[C@@H](CCC(=O)O)C(=O)O)cc1)CN2.O=C(O)C(F)(F)F.